The van der Waals surface area contributed by atoms with Gasteiger partial charge in [-0.2, -0.15) is 0 Å². The highest BCUT2D eigenvalue weighted by molar-refractivity contribution is 5.74. The lowest BCUT2D eigenvalue weighted by Gasteiger charge is -2.33. The number of rotatable bonds is 2. The Labute approximate surface area is 85.5 Å². The average molecular weight is 200 g/mol. The second-order valence-corrected chi connectivity index (χ2v) is 4.87. The number of ether oxygens (including phenoxy) is 1. The van der Waals surface area contributed by atoms with Gasteiger partial charge in [0, 0.05) is 5.92 Å². The molecule has 0 radical (unpaired) electrons. The molecule has 0 saturated heterocycles. The molecule has 0 aromatic carbocycles. The molecule has 82 valence electrons. The summed E-state index contributed by atoms with van der Waals surface area (Å²) in [6.45, 7) is 6.40. The maximum Gasteiger partial charge on any atom is 0.334 e. The minimum atomic E-state index is -0.958. The van der Waals surface area contributed by atoms with Crippen LogP contribution in [-0.4, -0.2) is 24.3 Å². The van der Waals surface area contributed by atoms with Crippen LogP contribution in [0.1, 0.15) is 33.6 Å². The van der Waals surface area contributed by atoms with Gasteiger partial charge in [0.25, 0.3) is 0 Å². The molecular weight excluding hydrogens is 180 g/mol. The molecule has 1 aliphatic carbocycles. The molecule has 1 N–H and O–H groups in total. The van der Waals surface area contributed by atoms with Crippen LogP contribution < -0.4 is 0 Å². The van der Waals surface area contributed by atoms with E-state index in [1.807, 2.05) is 0 Å². The quantitative estimate of drug-likeness (QED) is 0.689. The summed E-state index contributed by atoms with van der Waals surface area (Å²) in [6.07, 6.45) is 1.02. The fourth-order valence-corrected chi connectivity index (χ4v) is 2.39. The van der Waals surface area contributed by atoms with Crippen LogP contribution >= 0.6 is 0 Å². The molecule has 1 aliphatic rings. The standard InChI is InChI=1S/C11H20O3/c1-7-5-6-8(11(7,2)3)9(12)10(13)14-4/h7-9,12H,5-6H2,1-4H3/t7-,8+,9-/m1/s1. The predicted octanol–water partition coefficient (Wildman–Crippen LogP) is 1.59. The van der Waals surface area contributed by atoms with E-state index in [0.717, 1.165) is 12.8 Å². The smallest absolute Gasteiger partial charge is 0.334 e. The largest absolute Gasteiger partial charge is 0.467 e. The van der Waals surface area contributed by atoms with Crippen molar-refractivity contribution >= 4 is 5.97 Å². The highest BCUT2D eigenvalue weighted by atomic mass is 16.5. The molecule has 0 aliphatic heterocycles. The normalized spacial score (nSPS) is 32.6. The van der Waals surface area contributed by atoms with Crippen molar-refractivity contribution in [2.75, 3.05) is 7.11 Å². The lowest BCUT2D eigenvalue weighted by molar-refractivity contribution is -0.155. The number of aliphatic hydroxyl groups excluding tert-OH is 1. The summed E-state index contributed by atoms with van der Waals surface area (Å²) < 4.78 is 4.56. The van der Waals surface area contributed by atoms with E-state index >= 15 is 0 Å². The number of carbonyl (C=O) groups excluding carboxylic acids is 1. The predicted molar refractivity (Wildman–Crippen MR) is 53.7 cm³/mol. The Bertz CT molecular complexity index is 223. The van der Waals surface area contributed by atoms with E-state index < -0.39 is 12.1 Å². The van der Waals surface area contributed by atoms with Crippen LogP contribution in [0.4, 0.5) is 0 Å². The Balaban J connectivity index is 2.74. The van der Waals surface area contributed by atoms with Crippen molar-refractivity contribution in [3.8, 4) is 0 Å². The van der Waals surface area contributed by atoms with Gasteiger partial charge in [0.2, 0.25) is 0 Å². The Morgan fingerprint density at radius 1 is 1.50 bits per heavy atom. The maximum atomic E-state index is 11.2. The molecule has 1 saturated carbocycles. The van der Waals surface area contributed by atoms with Gasteiger partial charge >= 0.3 is 5.97 Å². The molecular formula is C11H20O3. The van der Waals surface area contributed by atoms with Crippen molar-refractivity contribution in [1.82, 2.24) is 0 Å². The summed E-state index contributed by atoms with van der Waals surface area (Å²) in [5.74, 6) is 0.0777. The van der Waals surface area contributed by atoms with Gasteiger partial charge in [-0.3, -0.25) is 0 Å². The first-order valence-corrected chi connectivity index (χ1v) is 5.17. The summed E-state index contributed by atoms with van der Waals surface area (Å²) in [7, 11) is 1.32. The molecule has 1 fully saturated rings. The first kappa shape index (κ1) is 11.5. The van der Waals surface area contributed by atoms with Gasteiger partial charge in [-0.15, -0.1) is 0 Å². The number of esters is 1. The van der Waals surface area contributed by atoms with Crippen molar-refractivity contribution in [2.45, 2.75) is 39.7 Å². The van der Waals surface area contributed by atoms with E-state index in [0.29, 0.717) is 5.92 Å². The maximum absolute atomic E-state index is 11.2. The Hall–Kier alpha value is -0.570. The third-order valence-corrected chi connectivity index (χ3v) is 3.96. The molecule has 3 heteroatoms. The first-order valence-electron chi connectivity index (χ1n) is 5.17. The number of aliphatic hydroxyl groups is 1. The minimum Gasteiger partial charge on any atom is -0.467 e. The van der Waals surface area contributed by atoms with Crippen LogP contribution in [0.25, 0.3) is 0 Å². The van der Waals surface area contributed by atoms with Crippen LogP contribution in [0.3, 0.4) is 0 Å². The Kier molecular flexibility index (Phi) is 3.20. The number of carbonyl (C=O) groups is 1. The van der Waals surface area contributed by atoms with Crippen LogP contribution in [0.2, 0.25) is 0 Å². The number of hydrogen-bond donors (Lipinski definition) is 1. The average Bonchev–Trinajstić information content (AvgIpc) is 2.40. The molecule has 3 atom stereocenters. The zero-order valence-electron chi connectivity index (χ0n) is 9.41. The fraction of sp³-hybridized carbons (Fsp3) is 0.909. The molecule has 0 spiro atoms. The van der Waals surface area contributed by atoms with Crippen LogP contribution in [0.5, 0.6) is 0 Å². The lowest BCUT2D eigenvalue weighted by atomic mass is 9.74. The monoisotopic (exact) mass is 200 g/mol. The zero-order chi connectivity index (χ0) is 10.9. The van der Waals surface area contributed by atoms with Crippen molar-refractivity contribution in [2.24, 2.45) is 17.3 Å². The Morgan fingerprint density at radius 2 is 2.07 bits per heavy atom. The third-order valence-electron chi connectivity index (χ3n) is 3.96. The van der Waals surface area contributed by atoms with E-state index in [4.69, 9.17) is 0 Å². The van der Waals surface area contributed by atoms with Crippen molar-refractivity contribution in [1.29, 1.82) is 0 Å². The summed E-state index contributed by atoms with van der Waals surface area (Å²) in [6, 6.07) is 0. The molecule has 0 amide bonds. The molecule has 3 nitrogen and oxygen atoms in total. The molecule has 0 bridgehead atoms. The summed E-state index contributed by atoms with van der Waals surface area (Å²) in [5.41, 5.74) is 0.0214. The van der Waals surface area contributed by atoms with E-state index in [-0.39, 0.29) is 11.3 Å². The third kappa shape index (κ3) is 1.78. The van der Waals surface area contributed by atoms with Gasteiger partial charge in [0.05, 0.1) is 7.11 Å². The highest BCUT2D eigenvalue weighted by Crippen LogP contribution is 2.48. The number of methoxy groups -OCH3 is 1. The number of hydrogen-bond acceptors (Lipinski definition) is 3. The second kappa shape index (κ2) is 3.89. The second-order valence-electron chi connectivity index (χ2n) is 4.87. The molecule has 14 heavy (non-hydrogen) atoms. The van der Waals surface area contributed by atoms with Crippen molar-refractivity contribution in [3.05, 3.63) is 0 Å². The summed E-state index contributed by atoms with van der Waals surface area (Å²) in [4.78, 5) is 11.2. The van der Waals surface area contributed by atoms with E-state index in [9.17, 15) is 9.90 Å². The van der Waals surface area contributed by atoms with Crippen LogP contribution in [0.15, 0.2) is 0 Å². The highest BCUT2D eigenvalue weighted by Gasteiger charge is 2.46. The Morgan fingerprint density at radius 3 is 2.43 bits per heavy atom. The molecule has 0 aromatic heterocycles. The van der Waals surface area contributed by atoms with Crippen LogP contribution in [0, 0.1) is 17.3 Å². The SMILES string of the molecule is COC(=O)[C@H](O)[C@@H]1CC[C@@H](C)C1(C)C. The van der Waals surface area contributed by atoms with Gasteiger partial charge in [-0.25, -0.2) is 4.79 Å². The van der Waals surface area contributed by atoms with Gasteiger partial charge < -0.3 is 9.84 Å². The summed E-state index contributed by atoms with van der Waals surface area (Å²) in [5, 5.41) is 9.80. The van der Waals surface area contributed by atoms with Crippen molar-refractivity contribution in [3.63, 3.8) is 0 Å². The molecule has 0 aromatic rings. The van der Waals surface area contributed by atoms with Crippen LogP contribution in [-0.2, 0) is 9.53 Å². The van der Waals surface area contributed by atoms with E-state index in [1.54, 1.807) is 0 Å². The topological polar surface area (TPSA) is 46.5 Å². The first-order chi connectivity index (χ1) is 6.41. The van der Waals surface area contributed by atoms with Gasteiger partial charge in [0.1, 0.15) is 0 Å². The molecule has 0 unspecified atom stereocenters. The zero-order valence-corrected chi connectivity index (χ0v) is 9.41. The van der Waals surface area contributed by atoms with Crippen molar-refractivity contribution < 1.29 is 14.6 Å². The minimum absolute atomic E-state index is 0.0214. The van der Waals surface area contributed by atoms with Gasteiger partial charge in [0.15, 0.2) is 6.10 Å². The van der Waals surface area contributed by atoms with E-state index in [2.05, 4.69) is 25.5 Å². The van der Waals surface area contributed by atoms with Gasteiger partial charge in [-0.05, 0) is 24.2 Å². The van der Waals surface area contributed by atoms with Gasteiger partial charge in [-0.1, -0.05) is 20.8 Å². The molecule has 1 rings (SSSR count). The lowest BCUT2D eigenvalue weighted by Crippen LogP contribution is -2.38. The fourth-order valence-electron chi connectivity index (χ4n) is 2.39. The van der Waals surface area contributed by atoms with E-state index in [1.165, 1.54) is 7.11 Å². The summed E-state index contributed by atoms with van der Waals surface area (Å²) >= 11 is 0. The molecule has 0 heterocycles.